The second-order valence-corrected chi connectivity index (χ2v) is 5.19. The average molecular weight is 285 g/mol. The second-order valence-electron chi connectivity index (χ2n) is 3.78. The fraction of sp³-hybridized carbons (Fsp3) is 1.00. The van der Waals surface area contributed by atoms with Crippen LogP contribution in [0.25, 0.3) is 0 Å². The van der Waals surface area contributed by atoms with Gasteiger partial charge < -0.3 is 20.5 Å². The summed E-state index contributed by atoms with van der Waals surface area (Å²) in [7, 11) is -4.16. The van der Waals surface area contributed by atoms with Gasteiger partial charge in [-0.3, -0.25) is 9.05 Å². The van der Waals surface area contributed by atoms with Crippen LogP contribution in [-0.2, 0) is 18.3 Å². The summed E-state index contributed by atoms with van der Waals surface area (Å²) in [5, 5.41) is 9.00. The summed E-state index contributed by atoms with van der Waals surface area (Å²) in [4.78, 5) is 9.28. The normalized spacial score (nSPS) is 16.4. The van der Waals surface area contributed by atoms with Crippen LogP contribution in [0.2, 0.25) is 0 Å². The minimum Gasteiger partial charge on any atom is -0.394 e. The van der Waals surface area contributed by atoms with Crippen LogP contribution in [0.5, 0.6) is 0 Å². The molecule has 0 aliphatic carbocycles. The number of aliphatic hydroxyl groups excluding tert-OH is 1. The first-order valence-corrected chi connectivity index (χ1v) is 7.59. The van der Waals surface area contributed by atoms with Gasteiger partial charge in [-0.25, -0.2) is 4.57 Å². The van der Waals surface area contributed by atoms with Crippen LogP contribution < -0.4 is 5.73 Å². The van der Waals surface area contributed by atoms with Crippen molar-refractivity contribution in [2.24, 2.45) is 5.73 Å². The number of phosphoric acid groups is 1. The molecule has 0 aromatic carbocycles. The molecular weight excluding hydrogens is 261 g/mol. The lowest BCUT2D eigenvalue weighted by molar-refractivity contribution is -0.00102. The number of aliphatic hydroxyl groups is 1. The van der Waals surface area contributed by atoms with Gasteiger partial charge in [0, 0.05) is 13.2 Å². The van der Waals surface area contributed by atoms with Gasteiger partial charge in [0.1, 0.15) is 6.10 Å². The predicted octanol–water partition coefficient (Wildman–Crippen LogP) is 0.646. The Bertz CT molecular complexity index is 240. The van der Waals surface area contributed by atoms with E-state index in [4.69, 9.17) is 20.1 Å². The topological polar surface area (TPSA) is 111 Å². The molecule has 0 aromatic rings. The lowest BCUT2D eigenvalue weighted by Gasteiger charge is -2.18. The molecule has 0 spiro atoms. The van der Waals surface area contributed by atoms with Crippen molar-refractivity contribution in [1.29, 1.82) is 0 Å². The zero-order valence-electron chi connectivity index (χ0n) is 10.8. The molecule has 1 unspecified atom stereocenters. The highest BCUT2D eigenvalue weighted by Crippen LogP contribution is 2.44. The van der Waals surface area contributed by atoms with E-state index in [2.05, 4.69) is 11.4 Å². The Kier molecular flexibility index (Phi) is 10.9. The number of rotatable bonds is 12. The largest absolute Gasteiger partial charge is 0.472 e. The van der Waals surface area contributed by atoms with Gasteiger partial charge in [0.15, 0.2) is 0 Å². The smallest absolute Gasteiger partial charge is 0.394 e. The first-order chi connectivity index (χ1) is 8.55. The molecule has 0 saturated carbocycles. The molecule has 0 aromatic heterocycles. The maximum absolute atomic E-state index is 11.4. The molecule has 0 amide bonds. The maximum Gasteiger partial charge on any atom is 0.472 e. The molecule has 0 aliphatic rings. The molecule has 8 heteroatoms. The molecule has 7 nitrogen and oxygen atoms in total. The van der Waals surface area contributed by atoms with Crippen molar-refractivity contribution in [2.75, 3.05) is 33.0 Å². The van der Waals surface area contributed by atoms with E-state index in [1.54, 1.807) is 0 Å². The first kappa shape index (κ1) is 18.0. The van der Waals surface area contributed by atoms with Crippen molar-refractivity contribution in [3.63, 3.8) is 0 Å². The molecule has 0 heterocycles. The van der Waals surface area contributed by atoms with Gasteiger partial charge in [-0.15, -0.1) is 0 Å². The van der Waals surface area contributed by atoms with Gasteiger partial charge >= 0.3 is 7.82 Å². The average Bonchev–Trinajstić information content (AvgIpc) is 2.34. The van der Waals surface area contributed by atoms with Gasteiger partial charge in [0.05, 0.1) is 19.8 Å². The highest BCUT2D eigenvalue weighted by Gasteiger charge is 2.26. The Balaban J connectivity index is 3.84. The van der Waals surface area contributed by atoms with E-state index in [1.807, 2.05) is 0 Å². The molecule has 0 aliphatic heterocycles. The molecule has 2 atom stereocenters. The number of phosphoric ester groups is 1. The third kappa shape index (κ3) is 9.96. The molecule has 18 heavy (non-hydrogen) atoms. The molecule has 110 valence electrons. The van der Waals surface area contributed by atoms with E-state index in [0.717, 1.165) is 19.3 Å². The van der Waals surface area contributed by atoms with Crippen LogP contribution >= 0.6 is 7.82 Å². The second kappa shape index (κ2) is 10.9. The highest BCUT2D eigenvalue weighted by molar-refractivity contribution is 7.47. The molecule has 0 bridgehead atoms. The summed E-state index contributed by atoms with van der Waals surface area (Å²) in [5.41, 5.74) is 5.14. The Labute approximate surface area is 108 Å². The lowest BCUT2D eigenvalue weighted by atomic mass is 10.3. The van der Waals surface area contributed by atoms with Crippen molar-refractivity contribution in [3.8, 4) is 0 Å². The standard InChI is InChI=1S/C10H24NO6P/c1-2-3-4-6-15-9-10(8-12)17-18(13,14)16-7-5-11/h10,12H,2-9,11H2,1H3,(H,13,14)/t10-/m0/s1. The maximum atomic E-state index is 11.4. The first-order valence-electron chi connectivity index (χ1n) is 6.10. The van der Waals surface area contributed by atoms with E-state index < -0.39 is 20.5 Å². The number of ether oxygens (including phenoxy) is 1. The van der Waals surface area contributed by atoms with Crippen LogP contribution in [0.4, 0.5) is 0 Å². The summed E-state index contributed by atoms with van der Waals surface area (Å²) in [6, 6.07) is 0. The number of hydrogen-bond acceptors (Lipinski definition) is 6. The Morgan fingerprint density at radius 1 is 1.33 bits per heavy atom. The SMILES string of the molecule is CCCCCOC[C@H](CO)OP(=O)(O)OCCN. The quantitative estimate of drug-likeness (QED) is 0.356. The van der Waals surface area contributed by atoms with Crippen molar-refractivity contribution in [1.82, 2.24) is 0 Å². The van der Waals surface area contributed by atoms with Gasteiger partial charge in [0.2, 0.25) is 0 Å². The third-order valence-corrected chi connectivity index (χ3v) is 3.13. The van der Waals surface area contributed by atoms with E-state index >= 15 is 0 Å². The van der Waals surface area contributed by atoms with Crippen LogP contribution in [-0.4, -0.2) is 49.1 Å². The third-order valence-electron chi connectivity index (χ3n) is 2.05. The van der Waals surface area contributed by atoms with E-state index in [1.165, 1.54) is 0 Å². The van der Waals surface area contributed by atoms with E-state index in [9.17, 15) is 9.46 Å². The summed E-state index contributed by atoms with van der Waals surface area (Å²) in [5.74, 6) is 0. The molecule has 0 rings (SSSR count). The van der Waals surface area contributed by atoms with Crippen LogP contribution in [0.15, 0.2) is 0 Å². The molecule has 0 saturated heterocycles. The Hall–Kier alpha value is -0.0100. The Morgan fingerprint density at radius 3 is 2.61 bits per heavy atom. The van der Waals surface area contributed by atoms with Crippen molar-refractivity contribution < 1.29 is 28.3 Å². The summed E-state index contributed by atoms with van der Waals surface area (Å²) < 4.78 is 25.9. The summed E-state index contributed by atoms with van der Waals surface area (Å²) in [6.07, 6.45) is 2.18. The number of unbranched alkanes of at least 4 members (excludes halogenated alkanes) is 2. The fourth-order valence-corrected chi connectivity index (χ4v) is 2.07. The van der Waals surface area contributed by atoms with Gasteiger partial charge in [-0.2, -0.15) is 0 Å². The number of hydrogen-bond donors (Lipinski definition) is 3. The zero-order chi connectivity index (χ0) is 13.9. The van der Waals surface area contributed by atoms with Crippen LogP contribution in [0.3, 0.4) is 0 Å². The fourth-order valence-electron chi connectivity index (χ4n) is 1.17. The van der Waals surface area contributed by atoms with E-state index in [0.29, 0.717) is 6.61 Å². The van der Waals surface area contributed by atoms with Crippen molar-refractivity contribution in [2.45, 2.75) is 32.3 Å². The predicted molar refractivity (Wildman–Crippen MR) is 67.1 cm³/mol. The van der Waals surface area contributed by atoms with E-state index in [-0.39, 0.29) is 19.8 Å². The summed E-state index contributed by atoms with van der Waals surface area (Å²) >= 11 is 0. The molecular formula is C10H24NO6P. The molecule has 0 fully saturated rings. The molecule has 4 N–H and O–H groups in total. The van der Waals surface area contributed by atoms with Gasteiger partial charge in [-0.05, 0) is 6.42 Å². The number of nitrogens with two attached hydrogens (primary N) is 1. The summed E-state index contributed by atoms with van der Waals surface area (Å²) in [6.45, 7) is 2.29. The van der Waals surface area contributed by atoms with Crippen LogP contribution in [0.1, 0.15) is 26.2 Å². The van der Waals surface area contributed by atoms with Crippen LogP contribution in [0, 0.1) is 0 Å². The highest BCUT2D eigenvalue weighted by atomic mass is 31.2. The molecule has 0 radical (unpaired) electrons. The minimum atomic E-state index is -4.16. The van der Waals surface area contributed by atoms with Gasteiger partial charge in [0.25, 0.3) is 0 Å². The monoisotopic (exact) mass is 285 g/mol. The minimum absolute atomic E-state index is 0.0523. The van der Waals surface area contributed by atoms with Crippen molar-refractivity contribution in [3.05, 3.63) is 0 Å². The van der Waals surface area contributed by atoms with Crippen molar-refractivity contribution >= 4 is 7.82 Å². The lowest BCUT2D eigenvalue weighted by Crippen LogP contribution is -2.24. The Morgan fingerprint density at radius 2 is 2.06 bits per heavy atom. The zero-order valence-corrected chi connectivity index (χ0v) is 11.7. The van der Waals surface area contributed by atoms with Gasteiger partial charge in [-0.1, -0.05) is 19.8 Å².